The Morgan fingerprint density at radius 3 is 2.58 bits per heavy atom. The van der Waals surface area contributed by atoms with Gasteiger partial charge in [-0.1, -0.05) is 54.2 Å². The Labute approximate surface area is 185 Å². The lowest BCUT2D eigenvalue weighted by molar-refractivity contribution is 0.102. The first-order valence-corrected chi connectivity index (χ1v) is 12.5. The lowest BCUT2D eigenvalue weighted by Gasteiger charge is -2.11. The smallest absolute Gasteiger partial charge is 0.262 e. The summed E-state index contributed by atoms with van der Waals surface area (Å²) in [6, 6.07) is 14.2. The summed E-state index contributed by atoms with van der Waals surface area (Å²) in [5.41, 5.74) is 1.91. The lowest BCUT2D eigenvalue weighted by atomic mass is 10.1. The second kappa shape index (κ2) is 10.0. The summed E-state index contributed by atoms with van der Waals surface area (Å²) in [6.45, 7) is 4.31. The SMILES string of the molecule is C=CCn1c(SCC(=O)c2ccc(CCNS(C)(=O)=O)cc2)nc2ccccc2c1=O. The average Bonchev–Trinajstić information content (AvgIpc) is 2.74. The molecule has 0 fully saturated rings. The van der Waals surface area contributed by atoms with E-state index in [2.05, 4.69) is 16.3 Å². The van der Waals surface area contributed by atoms with Gasteiger partial charge in [-0.25, -0.2) is 18.1 Å². The van der Waals surface area contributed by atoms with Gasteiger partial charge in [-0.05, 0) is 24.1 Å². The number of hydrogen-bond donors (Lipinski definition) is 1. The van der Waals surface area contributed by atoms with Gasteiger partial charge in [0.05, 0.1) is 22.9 Å². The standard InChI is InChI=1S/C22H23N3O4S2/c1-3-14-25-21(27)18-6-4-5-7-19(18)24-22(25)30-15-20(26)17-10-8-16(9-11-17)12-13-23-31(2,28)29/h3-11,23H,1,12-15H2,2H3. The van der Waals surface area contributed by atoms with Gasteiger partial charge in [-0.3, -0.25) is 14.2 Å². The lowest BCUT2D eigenvalue weighted by Crippen LogP contribution is -2.24. The summed E-state index contributed by atoms with van der Waals surface area (Å²) < 4.78 is 26.2. The van der Waals surface area contributed by atoms with Crippen molar-refractivity contribution in [2.75, 3.05) is 18.6 Å². The predicted octanol–water partition coefficient (Wildman–Crippen LogP) is 2.65. The molecular weight excluding hydrogens is 434 g/mol. The van der Waals surface area contributed by atoms with Gasteiger partial charge in [0.15, 0.2) is 10.9 Å². The number of thioether (sulfide) groups is 1. The van der Waals surface area contributed by atoms with Gasteiger partial charge in [-0.2, -0.15) is 0 Å². The molecule has 0 saturated carbocycles. The van der Waals surface area contributed by atoms with Crippen LogP contribution in [0.3, 0.4) is 0 Å². The van der Waals surface area contributed by atoms with Gasteiger partial charge in [0, 0.05) is 18.7 Å². The maximum Gasteiger partial charge on any atom is 0.262 e. The molecule has 31 heavy (non-hydrogen) atoms. The Morgan fingerprint density at radius 2 is 1.90 bits per heavy atom. The number of fused-ring (bicyclic) bond motifs is 1. The maximum absolute atomic E-state index is 12.8. The van der Waals surface area contributed by atoms with E-state index < -0.39 is 10.0 Å². The summed E-state index contributed by atoms with van der Waals surface area (Å²) >= 11 is 1.22. The van der Waals surface area contributed by atoms with E-state index in [1.807, 2.05) is 18.2 Å². The van der Waals surface area contributed by atoms with Crippen LogP contribution in [-0.4, -0.2) is 42.3 Å². The van der Waals surface area contributed by atoms with Crippen LogP contribution >= 0.6 is 11.8 Å². The highest BCUT2D eigenvalue weighted by atomic mass is 32.2. The van der Waals surface area contributed by atoms with E-state index in [4.69, 9.17) is 0 Å². The van der Waals surface area contributed by atoms with E-state index in [-0.39, 0.29) is 17.1 Å². The summed E-state index contributed by atoms with van der Waals surface area (Å²) in [7, 11) is -3.22. The van der Waals surface area contributed by atoms with Crippen LogP contribution in [0.1, 0.15) is 15.9 Å². The molecule has 0 saturated heterocycles. The van der Waals surface area contributed by atoms with Crippen LogP contribution in [0.25, 0.3) is 10.9 Å². The Morgan fingerprint density at radius 1 is 1.19 bits per heavy atom. The molecule has 0 bridgehead atoms. The zero-order valence-electron chi connectivity index (χ0n) is 17.1. The van der Waals surface area contributed by atoms with Gasteiger partial charge in [0.2, 0.25) is 10.0 Å². The Bertz CT molecular complexity index is 1270. The third-order valence-electron chi connectivity index (χ3n) is 4.52. The molecule has 3 rings (SSSR count). The molecule has 7 nitrogen and oxygen atoms in total. The zero-order valence-corrected chi connectivity index (χ0v) is 18.7. The number of para-hydroxylation sites is 1. The van der Waals surface area contributed by atoms with E-state index in [0.29, 0.717) is 41.1 Å². The quantitative estimate of drug-likeness (QED) is 0.218. The first-order chi connectivity index (χ1) is 14.8. The number of rotatable bonds is 10. The van der Waals surface area contributed by atoms with Crippen molar-refractivity contribution in [2.24, 2.45) is 0 Å². The largest absolute Gasteiger partial charge is 0.293 e. The van der Waals surface area contributed by atoms with Crippen molar-refractivity contribution in [3.05, 3.63) is 82.7 Å². The van der Waals surface area contributed by atoms with Crippen molar-refractivity contribution in [1.82, 2.24) is 14.3 Å². The minimum absolute atomic E-state index is 0.0848. The Hall–Kier alpha value is -2.75. The molecule has 1 heterocycles. The van der Waals surface area contributed by atoms with Crippen LogP contribution in [0.5, 0.6) is 0 Å². The molecule has 1 N–H and O–H groups in total. The zero-order chi connectivity index (χ0) is 22.4. The highest BCUT2D eigenvalue weighted by molar-refractivity contribution is 7.99. The topological polar surface area (TPSA) is 98.1 Å². The summed E-state index contributed by atoms with van der Waals surface area (Å²) in [5, 5.41) is 1.00. The maximum atomic E-state index is 12.8. The van der Waals surface area contributed by atoms with E-state index in [1.165, 1.54) is 16.3 Å². The monoisotopic (exact) mass is 457 g/mol. The second-order valence-electron chi connectivity index (χ2n) is 6.94. The Balaban J connectivity index is 1.70. The first kappa shape index (κ1) is 22.9. The fraction of sp³-hybridized carbons (Fsp3) is 0.227. The number of nitrogens with one attached hydrogen (secondary N) is 1. The summed E-state index contributed by atoms with van der Waals surface area (Å²) in [6.07, 6.45) is 3.28. The van der Waals surface area contributed by atoms with Crippen molar-refractivity contribution >= 4 is 38.5 Å². The van der Waals surface area contributed by atoms with Crippen molar-refractivity contribution < 1.29 is 13.2 Å². The number of benzene rings is 2. The molecule has 1 aromatic heterocycles. The summed E-state index contributed by atoms with van der Waals surface area (Å²) in [5.74, 6) is 0.0510. The molecule has 0 amide bonds. The van der Waals surface area contributed by atoms with Crippen molar-refractivity contribution in [1.29, 1.82) is 0 Å². The number of aromatic nitrogens is 2. The van der Waals surface area contributed by atoms with Crippen LogP contribution in [0.4, 0.5) is 0 Å². The molecule has 162 valence electrons. The molecule has 2 aromatic carbocycles. The number of Topliss-reactive ketones (excluding diaryl/α,β-unsaturated/α-hetero) is 1. The number of hydrogen-bond acceptors (Lipinski definition) is 6. The minimum atomic E-state index is -3.22. The number of carbonyl (C=O) groups is 1. The summed E-state index contributed by atoms with van der Waals surface area (Å²) in [4.78, 5) is 30.0. The van der Waals surface area contributed by atoms with E-state index in [9.17, 15) is 18.0 Å². The van der Waals surface area contributed by atoms with E-state index in [1.54, 1.807) is 36.4 Å². The fourth-order valence-electron chi connectivity index (χ4n) is 3.00. The number of allylic oxidation sites excluding steroid dienone is 1. The van der Waals surface area contributed by atoms with Gasteiger partial charge in [0.1, 0.15) is 0 Å². The van der Waals surface area contributed by atoms with Crippen LogP contribution in [0.15, 0.2) is 71.1 Å². The molecule has 0 spiro atoms. The van der Waals surface area contributed by atoms with Crippen molar-refractivity contribution in [2.45, 2.75) is 18.1 Å². The van der Waals surface area contributed by atoms with Gasteiger partial charge in [0.25, 0.3) is 5.56 Å². The third-order valence-corrected chi connectivity index (χ3v) is 6.23. The molecule has 0 radical (unpaired) electrons. The molecule has 0 unspecified atom stereocenters. The second-order valence-corrected chi connectivity index (χ2v) is 9.72. The van der Waals surface area contributed by atoms with Crippen LogP contribution in [0, 0.1) is 0 Å². The molecule has 9 heteroatoms. The van der Waals surface area contributed by atoms with Gasteiger partial charge < -0.3 is 0 Å². The molecular formula is C22H23N3O4S2. The first-order valence-electron chi connectivity index (χ1n) is 9.58. The number of carbonyl (C=O) groups excluding carboxylic acids is 1. The number of sulfonamides is 1. The molecule has 3 aromatic rings. The van der Waals surface area contributed by atoms with E-state index in [0.717, 1.165) is 11.8 Å². The predicted molar refractivity (Wildman–Crippen MR) is 124 cm³/mol. The van der Waals surface area contributed by atoms with Gasteiger partial charge >= 0.3 is 0 Å². The number of nitrogens with zero attached hydrogens (tertiary/aromatic N) is 2. The molecule has 0 aliphatic rings. The highest BCUT2D eigenvalue weighted by Crippen LogP contribution is 2.19. The third kappa shape index (κ3) is 6.13. The average molecular weight is 458 g/mol. The number of ketones is 1. The van der Waals surface area contributed by atoms with Crippen molar-refractivity contribution in [3.8, 4) is 0 Å². The van der Waals surface area contributed by atoms with E-state index >= 15 is 0 Å². The highest BCUT2D eigenvalue weighted by Gasteiger charge is 2.13. The van der Waals surface area contributed by atoms with Crippen molar-refractivity contribution in [3.63, 3.8) is 0 Å². The van der Waals surface area contributed by atoms with Crippen LogP contribution in [0.2, 0.25) is 0 Å². The molecule has 0 atom stereocenters. The molecule has 0 aliphatic heterocycles. The van der Waals surface area contributed by atoms with Crippen LogP contribution in [-0.2, 0) is 23.0 Å². The normalized spacial score (nSPS) is 11.5. The van der Waals surface area contributed by atoms with Gasteiger partial charge in [-0.15, -0.1) is 6.58 Å². The Kier molecular flexibility index (Phi) is 7.42. The fourth-order valence-corrected chi connectivity index (χ4v) is 4.38. The van der Waals surface area contributed by atoms with Crippen LogP contribution < -0.4 is 10.3 Å². The molecule has 0 aliphatic carbocycles. The minimum Gasteiger partial charge on any atom is -0.293 e.